The van der Waals surface area contributed by atoms with Crippen LogP contribution in [0.4, 0.5) is 0 Å². The van der Waals surface area contributed by atoms with Crippen molar-refractivity contribution in [1.29, 1.82) is 0 Å². The first kappa shape index (κ1) is 25.0. The molecule has 0 aliphatic carbocycles. The van der Waals surface area contributed by atoms with Crippen LogP contribution in [0.1, 0.15) is 28.2 Å². The van der Waals surface area contributed by atoms with Crippen LogP contribution >= 0.6 is 0 Å². The fourth-order valence-electron chi connectivity index (χ4n) is 3.45. The van der Waals surface area contributed by atoms with E-state index in [4.69, 9.17) is 19.3 Å². The van der Waals surface area contributed by atoms with Crippen LogP contribution in [0.5, 0.6) is 11.5 Å². The van der Waals surface area contributed by atoms with Crippen LogP contribution in [0, 0.1) is 13.8 Å². The van der Waals surface area contributed by atoms with Crippen LogP contribution in [-0.4, -0.2) is 45.1 Å². The van der Waals surface area contributed by atoms with E-state index < -0.39 is 22.6 Å². The highest BCUT2D eigenvalue weighted by Crippen LogP contribution is 2.22. The monoisotopic (exact) mass is 486 g/mol. The molecule has 0 atom stereocenters. The molecule has 0 saturated heterocycles. The second kappa shape index (κ2) is 10.5. The highest BCUT2D eigenvalue weighted by Gasteiger charge is 2.19. The summed E-state index contributed by atoms with van der Waals surface area (Å²) in [5.74, 6) is 0.401. The number of Topliss-reactive ketones (excluding diaryl/α,β-unsaturated/α-hetero) is 1. The van der Waals surface area contributed by atoms with Gasteiger partial charge >= 0.3 is 5.97 Å². The fourth-order valence-corrected chi connectivity index (χ4v) is 3.96. The summed E-state index contributed by atoms with van der Waals surface area (Å²) in [6, 6.07) is 14.7. The Bertz CT molecular complexity index is 1280. The zero-order valence-electron chi connectivity index (χ0n) is 19.1. The number of hydrogen-bond acceptors (Lipinski definition) is 7. The van der Waals surface area contributed by atoms with Crippen molar-refractivity contribution >= 4 is 21.8 Å². The van der Waals surface area contributed by atoms with Crippen LogP contribution in [-0.2, 0) is 19.6 Å². The largest absolute Gasteiger partial charge is 0.497 e. The Kier molecular flexibility index (Phi) is 7.75. The molecule has 0 aliphatic heterocycles. The molecule has 3 aromatic rings. The Balaban J connectivity index is 1.57. The average molecular weight is 487 g/mol. The summed E-state index contributed by atoms with van der Waals surface area (Å²) in [6.45, 7) is 3.30. The molecule has 9 nitrogen and oxygen atoms in total. The quantitative estimate of drug-likeness (QED) is 0.345. The molecule has 1 heterocycles. The molecule has 0 spiro atoms. The van der Waals surface area contributed by atoms with Crippen LogP contribution in [0.2, 0.25) is 0 Å². The normalized spacial score (nSPS) is 11.2. The predicted octanol–water partition coefficient (Wildman–Crippen LogP) is 2.95. The molecule has 0 aliphatic rings. The number of nitrogens with zero attached hydrogens (tertiary/aromatic N) is 1. The fraction of sp³-hybridized carbons (Fsp3) is 0.250. The molecule has 0 unspecified atom stereocenters. The van der Waals surface area contributed by atoms with Gasteiger partial charge in [0.05, 0.1) is 25.0 Å². The lowest BCUT2D eigenvalue weighted by Crippen LogP contribution is -2.16. The molecule has 34 heavy (non-hydrogen) atoms. The van der Waals surface area contributed by atoms with E-state index in [0.717, 1.165) is 5.69 Å². The number of esters is 1. The van der Waals surface area contributed by atoms with E-state index in [9.17, 15) is 18.0 Å². The number of methoxy groups -OCH3 is 1. The summed E-state index contributed by atoms with van der Waals surface area (Å²) in [6.07, 6.45) is -0.00523. The number of ketones is 1. The van der Waals surface area contributed by atoms with Crippen molar-refractivity contribution in [2.45, 2.75) is 25.2 Å². The molecule has 2 aromatic carbocycles. The van der Waals surface area contributed by atoms with Gasteiger partial charge in [0, 0.05) is 22.6 Å². The molecule has 0 saturated carbocycles. The lowest BCUT2D eigenvalue weighted by molar-refractivity contribution is -0.143. The highest BCUT2D eigenvalue weighted by molar-refractivity contribution is 7.89. The Morgan fingerprint density at radius 1 is 0.971 bits per heavy atom. The van der Waals surface area contributed by atoms with Crippen LogP contribution in [0.25, 0.3) is 5.69 Å². The highest BCUT2D eigenvalue weighted by atomic mass is 32.2. The van der Waals surface area contributed by atoms with E-state index in [1.54, 1.807) is 56.5 Å². The van der Waals surface area contributed by atoms with Crippen LogP contribution in [0.3, 0.4) is 0 Å². The summed E-state index contributed by atoms with van der Waals surface area (Å²) in [4.78, 5) is 24.7. The standard InChI is InChI=1S/C24H26N2O7S/c1-16-14-22(17(2)26(16)18-4-10-21(11-5-18)34(25,29)30)23(27)15-33-24(28)12-13-32-20-8-6-19(31-3)7-9-20/h4-11,14H,12-13,15H2,1-3H3,(H2,25,29,30). The third-order valence-electron chi connectivity index (χ3n) is 5.15. The van der Waals surface area contributed by atoms with Crippen molar-refractivity contribution in [3.05, 3.63) is 71.5 Å². The molecular weight excluding hydrogens is 460 g/mol. The first-order chi connectivity index (χ1) is 16.1. The molecule has 10 heteroatoms. The minimum Gasteiger partial charge on any atom is -0.497 e. The summed E-state index contributed by atoms with van der Waals surface area (Å²) >= 11 is 0. The number of ether oxygens (including phenoxy) is 3. The lowest BCUT2D eigenvalue weighted by Gasteiger charge is -2.11. The summed E-state index contributed by atoms with van der Waals surface area (Å²) in [7, 11) is -2.23. The number of rotatable bonds is 10. The molecule has 180 valence electrons. The Hall–Kier alpha value is -3.63. The molecule has 1 aromatic heterocycles. The number of aromatic nitrogens is 1. The van der Waals surface area contributed by atoms with E-state index >= 15 is 0 Å². The molecule has 0 amide bonds. The maximum atomic E-state index is 12.7. The second-order valence-electron chi connectivity index (χ2n) is 7.52. The van der Waals surface area contributed by atoms with Gasteiger partial charge in [-0.25, -0.2) is 13.6 Å². The van der Waals surface area contributed by atoms with Gasteiger partial charge in [0.25, 0.3) is 0 Å². The third-order valence-corrected chi connectivity index (χ3v) is 6.08. The molecular formula is C24H26N2O7S. The maximum Gasteiger partial charge on any atom is 0.309 e. The number of aryl methyl sites for hydroxylation is 1. The van der Waals surface area contributed by atoms with Gasteiger partial charge in [0.1, 0.15) is 11.5 Å². The van der Waals surface area contributed by atoms with Gasteiger partial charge in [-0.05, 0) is 68.4 Å². The number of benzene rings is 2. The van der Waals surface area contributed by atoms with Gasteiger partial charge in [-0.3, -0.25) is 9.59 Å². The zero-order valence-corrected chi connectivity index (χ0v) is 19.9. The smallest absolute Gasteiger partial charge is 0.309 e. The molecule has 2 N–H and O–H groups in total. The van der Waals surface area contributed by atoms with E-state index in [1.807, 2.05) is 11.5 Å². The lowest BCUT2D eigenvalue weighted by atomic mass is 10.1. The van der Waals surface area contributed by atoms with Gasteiger partial charge in [-0.1, -0.05) is 0 Å². The topological polar surface area (TPSA) is 127 Å². The van der Waals surface area contributed by atoms with E-state index in [1.165, 1.54) is 12.1 Å². The van der Waals surface area contributed by atoms with Crippen molar-refractivity contribution in [3.63, 3.8) is 0 Å². The van der Waals surface area contributed by atoms with Gasteiger partial charge in [0.2, 0.25) is 15.8 Å². The number of nitrogens with two attached hydrogens (primary N) is 1. The van der Waals surface area contributed by atoms with Crippen LogP contribution < -0.4 is 14.6 Å². The Labute approximate surface area is 198 Å². The van der Waals surface area contributed by atoms with Crippen LogP contribution in [0.15, 0.2) is 59.5 Å². The minimum absolute atomic E-state index is 0.00195. The SMILES string of the molecule is COc1ccc(OCCC(=O)OCC(=O)c2cc(C)n(-c3ccc(S(N)(=O)=O)cc3)c2C)cc1. The van der Waals surface area contributed by atoms with Gasteiger partial charge < -0.3 is 18.8 Å². The Morgan fingerprint density at radius 2 is 1.59 bits per heavy atom. The maximum absolute atomic E-state index is 12.7. The van der Waals surface area contributed by atoms with E-state index in [-0.39, 0.29) is 23.7 Å². The summed E-state index contributed by atoms with van der Waals surface area (Å²) in [5, 5.41) is 5.14. The van der Waals surface area contributed by atoms with Crippen molar-refractivity contribution < 1.29 is 32.2 Å². The van der Waals surface area contributed by atoms with Crippen molar-refractivity contribution in [3.8, 4) is 17.2 Å². The van der Waals surface area contributed by atoms with Gasteiger partial charge in [-0.2, -0.15) is 0 Å². The average Bonchev–Trinajstić information content (AvgIpc) is 3.11. The number of carbonyl (C=O) groups excluding carboxylic acids is 2. The number of carbonyl (C=O) groups is 2. The van der Waals surface area contributed by atoms with Gasteiger partial charge in [-0.15, -0.1) is 0 Å². The first-order valence-electron chi connectivity index (χ1n) is 10.4. The van der Waals surface area contributed by atoms with Crippen molar-refractivity contribution in [2.75, 3.05) is 20.3 Å². The Morgan fingerprint density at radius 3 is 2.18 bits per heavy atom. The zero-order chi connectivity index (χ0) is 24.9. The summed E-state index contributed by atoms with van der Waals surface area (Å²) < 4.78 is 40.4. The minimum atomic E-state index is -3.80. The van der Waals surface area contributed by atoms with E-state index in [0.29, 0.717) is 28.4 Å². The number of primary sulfonamides is 1. The van der Waals surface area contributed by atoms with Gasteiger partial charge in [0.15, 0.2) is 6.61 Å². The predicted molar refractivity (Wildman–Crippen MR) is 125 cm³/mol. The van der Waals surface area contributed by atoms with E-state index in [2.05, 4.69) is 0 Å². The first-order valence-corrected chi connectivity index (χ1v) is 11.9. The number of hydrogen-bond donors (Lipinski definition) is 1. The summed E-state index contributed by atoms with van der Waals surface area (Å²) in [5.41, 5.74) is 2.50. The van der Waals surface area contributed by atoms with Crippen molar-refractivity contribution in [1.82, 2.24) is 4.57 Å². The molecule has 0 bridgehead atoms. The molecule has 3 rings (SSSR count). The molecule has 0 radical (unpaired) electrons. The van der Waals surface area contributed by atoms with Crippen molar-refractivity contribution in [2.24, 2.45) is 5.14 Å². The third kappa shape index (κ3) is 6.03. The second-order valence-corrected chi connectivity index (χ2v) is 9.08. The number of sulfonamides is 1. The molecule has 0 fully saturated rings.